The van der Waals surface area contributed by atoms with Crippen molar-refractivity contribution in [3.05, 3.63) is 29.3 Å². The Bertz CT molecular complexity index is 409. The summed E-state index contributed by atoms with van der Waals surface area (Å²) in [4.78, 5) is 11.5. The molecule has 0 unspecified atom stereocenters. The molecule has 1 aromatic rings. The second-order valence-corrected chi connectivity index (χ2v) is 5.06. The van der Waals surface area contributed by atoms with Gasteiger partial charge in [-0.1, -0.05) is 12.1 Å². The van der Waals surface area contributed by atoms with Crippen LogP contribution in [0.1, 0.15) is 15.9 Å². The van der Waals surface area contributed by atoms with Gasteiger partial charge >= 0.3 is 5.97 Å². The van der Waals surface area contributed by atoms with Crippen molar-refractivity contribution in [1.29, 1.82) is 0 Å². The zero-order valence-corrected chi connectivity index (χ0v) is 10.2. The smallest absolute Gasteiger partial charge is 0.340 e. The van der Waals surface area contributed by atoms with Crippen LogP contribution < -0.4 is 0 Å². The van der Waals surface area contributed by atoms with Gasteiger partial charge in [-0.2, -0.15) is 0 Å². The summed E-state index contributed by atoms with van der Waals surface area (Å²) in [6.07, 6.45) is 4.01. The van der Waals surface area contributed by atoms with Crippen LogP contribution >= 0.6 is 0 Å². The number of methoxy groups -OCH3 is 1. The first kappa shape index (κ1) is 11.9. The quantitative estimate of drug-likeness (QED) is 0.725. The Balaban J connectivity index is 3.33. The molecule has 0 radical (unpaired) electrons. The highest BCUT2D eigenvalue weighted by atomic mass is 32.2. The Labute approximate surface area is 92.6 Å². The molecule has 0 fully saturated rings. The molecule has 82 valence electrons. The van der Waals surface area contributed by atoms with Gasteiger partial charge in [0.1, 0.15) is 0 Å². The van der Waals surface area contributed by atoms with Crippen LogP contribution in [-0.4, -0.2) is 25.6 Å². The molecule has 0 bridgehead atoms. The second kappa shape index (κ2) is 5.07. The summed E-state index contributed by atoms with van der Waals surface area (Å²) in [6.45, 7) is 1.94. The lowest BCUT2D eigenvalue weighted by molar-refractivity contribution is 0.0601. The van der Waals surface area contributed by atoms with Crippen molar-refractivity contribution in [2.45, 2.75) is 6.92 Å². The maximum Gasteiger partial charge on any atom is 0.340 e. The number of carbonyl (C=O) groups is 1. The van der Waals surface area contributed by atoms with Gasteiger partial charge in [0.05, 0.1) is 18.4 Å². The number of esters is 1. The number of hydrogen-bond donors (Lipinski definition) is 0. The van der Waals surface area contributed by atoms with Crippen molar-refractivity contribution in [3.63, 3.8) is 0 Å². The number of hydrogen-bond acceptors (Lipinski definition) is 3. The molecule has 3 nitrogen and oxygen atoms in total. The Kier molecular flexibility index (Phi) is 4.03. The Morgan fingerprint density at radius 3 is 2.60 bits per heavy atom. The van der Waals surface area contributed by atoms with E-state index in [-0.39, 0.29) is 16.7 Å². The van der Waals surface area contributed by atoms with Crippen LogP contribution in [0.5, 0.6) is 0 Å². The van der Waals surface area contributed by atoms with Gasteiger partial charge in [-0.15, -0.1) is 10.7 Å². The van der Waals surface area contributed by atoms with Gasteiger partial charge in [0.2, 0.25) is 0 Å². The van der Waals surface area contributed by atoms with E-state index in [1.807, 2.05) is 31.6 Å². The monoisotopic (exact) mass is 225 g/mol. The van der Waals surface area contributed by atoms with Crippen LogP contribution in [0, 0.1) is 6.92 Å². The molecule has 0 aromatic heterocycles. The average molecular weight is 225 g/mol. The number of aryl methyl sites for hydroxylation is 1. The van der Waals surface area contributed by atoms with Crippen LogP contribution in [0.15, 0.2) is 22.6 Å². The normalized spacial score (nSPS) is 10.2. The molecule has 0 amide bonds. The largest absolute Gasteiger partial charge is 0.465 e. The summed E-state index contributed by atoms with van der Waals surface area (Å²) in [5.41, 5.74) is 2.29. The van der Waals surface area contributed by atoms with Gasteiger partial charge in [0.15, 0.2) is 0 Å². The molecule has 0 aliphatic heterocycles. The van der Waals surface area contributed by atoms with Crippen LogP contribution in [-0.2, 0) is 15.4 Å². The molecule has 0 N–H and O–H groups in total. The molecule has 4 heteroatoms. The third kappa shape index (κ3) is 2.89. The first-order valence-electron chi connectivity index (χ1n) is 4.53. The molecule has 0 saturated carbocycles. The van der Waals surface area contributed by atoms with Gasteiger partial charge in [-0.3, -0.25) is 0 Å². The van der Waals surface area contributed by atoms with Crippen molar-refractivity contribution in [2.24, 2.45) is 4.36 Å². The summed E-state index contributed by atoms with van der Waals surface area (Å²) >= 11 is 0. The fraction of sp³-hybridized carbons (Fsp3) is 0.364. The number of rotatable bonds is 2. The van der Waals surface area contributed by atoms with Gasteiger partial charge in [-0.25, -0.2) is 9.16 Å². The van der Waals surface area contributed by atoms with E-state index < -0.39 is 0 Å². The third-order valence-corrected chi connectivity index (χ3v) is 2.46. The highest BCUT2D eigenvalue weighted by molar-refractivity contribution is 7.85. The van der Waals surface area contributed by atoms with E-state index in [0.717, 1.165) is 11.3 Å². The van der Waals surface area contributed by atoms with Crippen LogP contribution in [0.3, 0.4) is 0 Å². The SMILES string of the molecule is COC(=O)c1cccc(C)c1N=S(C)C. The summed E-state index contributed by atoms with van der Waals surface area (Å²) < 4.78 is 9.17. The zero-order valence-electron chi connectivity index (χ0n) is 9.40. The van der Waals surface area contributed by atoms with Gasteiger partial charge in [0.25, 0.3) is 0 Å². The molecular weight excluding hydrogens is 210 g/mol. The molecule has 1 rings (SSSR count). The minimum Gasteiger partial charge on any atom is -0.465 e. The number of benzene rings is 1. The predicted molar refractivity (Wildman–Crippen MR) is 63.8 cm³/mol. The molecule has 0 saturated heterocycles. The summed E-state index contributed by atoms with van der Waals surface area (Å²) in [5, 5.41) is 0. The first-order valence-corrected chi connectivity index (χ1v) is 6.53. The third-order valence-electron chi connectivity index (χ3n) is 1.92. The minimum atomic E-state index is -0.331. The van der Waals surface area contributed by atoms with Crippen LogP contribution in [0.25, 0.3) is 0 Å². The van der Waals surface area contributed by atoms with E-state index in [9.17, 15) is 4.79 Å². The maximum absolute atomic E-state index is 11.5. The summed E-state index contributed by atoms with van der Waals surface area (Å²) in [6, 6.07) is 5.52. The summed E-state index contributed by atoms with van der Waals surface area (Å²) in [7, 11) is 1.29. The van der Waals surface area contributed by atoms with Crippen molar-refractivity contribution >= 4 is 22.3 Å². The maximum atomic E-state index is 11.5. The molecule has 0 atom stereocenters. The molecule has 1 aromatic carbocycles. The molecular formula is C11H15NO2S. The van der Waals surface area contributed by atoms with E-state index in [0.29, 0.717) is 5.56 Å². The van der Waals surface area contributed by atoms with E-state index >= 15 is 0 Å². The Morgan fingerprint density at radius 1 is 1.40 bits per heavy atom. The number of ether oxygens (including phenoxy) is 1. The van der Waals surface area contributed by atoms with E-state index in [1.165, 1.54) is 7.11 Å². The minimum absolute atomic E-state index is 0.0884. The average Bonchev–Trinajstić information content (AvgIpc) is 2.19. The number of carbonyl (C=O) groups excluding carboxylic acids is 1. The zero-order chi connectivity index (χ0) is 11.4. The van der Waals surface area contributed by atoms with Gasteiger partial charge < -0.3 is 4.74 Å². The van der Waals surface area contributed by atoms with Crippen molar-refractivity contribution in [1.82, 2.24) is 0 Å². The highest BCUT2D eigenvalue weighted by Crippen LogP contribution is 2.25. The van der Waals surface area contributed by atoms with Gasteiger partial charge in [-0.05, 0) is 31.1 Å². The Morgan fingerprint density at radius 2 is 2.07 bits per heavy atom. The first-order chi connectivity index (χ1) is 7.06. The standard InChI is InChI=1S/C11H15NO2S/c1-8-6-5-7-9(11(13)14-2)10(8)12-15(3)4/h5-7H,1-4H3. The molecule has 0 aliphatic rings. The molecule has 0 aliphatic carbocycles. The summed E-state index contributed by atoms with van der Waals surface area (Å²) in [5.74, 6) is -0.331. The molecule has 0 heterocycles. The molecule has 15 heavy (non-hydrogen) atoms. The fourth-order valence-electron chi connectivity index (χ4n) is 1.24. The van der Waals surface area contributed by atoms with Crippen molar-refractivity contribution in [3.8, 4) is 0 Å². The van der Waals surface area contributed by atoms with Crippen molar-refractivity contribution < 1.29 is 9.53 Å². The van der Waals surface area contributed by atoms with Gasteiger partial charge in [0, 0.05) is 0 Å². The van der Waals surface area contributed by atoms with Crippen molar-refractivity contribution in [2.75, 3.05) is 19.6 Å². The van der Waals surface area contributed by atoms with E-state index in [2.05, 4.69) is 4.36 Å². The highest BCUT2D eigenvalue weighted by Gasteiger charge is 2.12. The topological polar surface area (TPSA) is 38.7 Å². The molecule has 0 spiro atoms. The number of nitrogens with zero attached hydrogens (tertiary/aromatic N) is 1. The van der Waals surface area contributed by atoms with E-state index in [4.69, 9.17) is 4.74 Å². The fourth-order valence-corrected chi connectivity index (χ4v) is 1.84. The van der Waals surface area contributed by atoms with E-state index in [1.54, 1.807) is 6.07 Å². The lowest BCUT2D eigenvalue weighted by atomic mass is 10.1. The lowest BCUT2D eigenvalue weighted by Crippen LogP contribution is -2.02. The lowest BCUT2D eigenvalue weighted by Gasteiger charge is -2.06. The van der Waals surface area contributed by atoms with Crippen LogP contribution in [0.4, 0.5) is 5.69 Å². The second-order valence-electron chi connectivity index (χ2n) is 3.33. The predicted octanol–water partition coefficient (Wildman–Crippen LogP) is 2.47. The van der Waals surface area contributed by atoms with Crippen LogP contribution in [0.2, 0.25) is 0 Å². The Hall–Kier alpha value is -1.16.